The number of nitrogens with one attached hydrogen (secondary N) is 2. The number of nitrogens with zero attached hydrogens (tertiary/aromatic N) is 2. The van der Waals surface area contributed by atoms with Crippen LogP contribution in [0, 0.1) is 31.1 Å². The minimum atomic E-state index is 0.0892. The number of carbonyl (C=O) groups excluding carboxylic acids is 1. The molecule has 0 aliphatic carbocycles. The van der Waals surface area contributed by atoms with Crippen molar-refractivity contribution >= 4 is 23.8 Å². The third-order valence-corrected chi connectivity index (χ3v) is 4.50. The molecule has 1 aromatic heterocycles. The molecule has 1 amide bonds. The third-order valence-electron chi connectivity index (χ3n) is 4.50. The highest BCUT2D eigenvalue weighted by atomic mass is 16.1. The molecule has 2 aromatic carbocycles. The second-order valence-electron chi connectivity index (χ2n) is 7.44. The molecule has 0 aliphatic rings. The first kappa shape index (κ1) is 24.1. The minimum absolute atomic E-state index is 0.0892. The Bertz CT molecular complexity index is 1160. The second kappa shape index (κ2) is 11.3. The highest BCUT2D eigenvalue weighted by Crippen LogP contribution is 2.23. The largest absolute Gasteiger partial charge is 0.383 e. The average molecular weight is 429 g/mol. The molecule has 0 bridgehead atoms. The van der Waals surface area contributed by atoms with E-state index in [-0.39, 0.29) is 24.0 Å². The van der Waals surface area contributed by atoms with E-state index in [2.05, 4.69) is 82.2 Å². The van der Waals surface area contributed by atoms with Crippen LogP contribution in [0.5, 0.6) is 0 Å². The minimum Gasteiger partial charge on any atom is -0.383 e. The first-order chi connectivity index (χ1) is 15.3. The van der Waals surface area contributed by atoms with Gasteiger partial charge >= 0.3 is 0 Å². The number of rotatable bonds is 4. The Morgan fingerprint density at radius 2 is 1.72 bits per heavy atom. The summed E-state index contributed by atoms with van der Waals surface area (Å²) in [6.45, 7) is 8.08. The quantitative estimate of drug-likeness (QED) is 0.286. The lowest BCUT2D eigenvalue weighted by atomic mass is 9.99. The standard InChI is InChI=1S/C24H25N5.CH3NO/c1-15(2)29-24-22(23(26)27-14-28-24)21(25)12-11-19-13-20(10-7-17(19)4)18-8-5-16(3)6-9-18;2-1-3/h5-10,13-15,25H,1-4H3,(H3,26,27,28,29);1H,(H2,2,3). The monoisotopic (exact) mass is 428 g/mol. The number of nitrogens with two attached hydrogens (primary N) is 2. The number of anilines is 2. The van der Waals surface area contributed by atoms with E-state index in [0.29, 0.717) is 11.4 Å². The van der Waals surface area contributed by atoms with Crippen molar-refractivity contribution in [3.8, 4) is 23.0 Å². The molecule has 3 rings (SSSR count). The van der Waals surface area contributed by atoms with Gasteiger partial charge in [0, 0.05) is 11.6 Å². The fourth-order valence-corrected chi connectivity index (χ4v) is 2.90. The highest BCUT2D eigenvalue weighted by molar-refractivity contribution is 6.16. The van der Waals surface area contributed by atoms with Gasteiger partial charge in [-0.3, -0.25) is 10.2 Å². The van der Waals surface area contributed by atoms with Crippen molar-refractivity contribution in [3.63, 3.8) is 0 Å². The van der Waals surface area contributed by atoms with Crippen LogP contribution < -0.4 is 16.8 Å². The molecule has 0 saturated carbocycles. The van der Waals surface area contributed by atoms with Gasteiger partial charge in [-0.25, -0.2) is 9.97 Å². The lowest BCUT2D eigenvalue weighted by molar-refractivity contribution is -0.106. The van der Waals surface area contributed by atoms with Crippen LogP contribution in [0.15, 0.2) is 48.8 Å². The Labute approximate surface area is 188 Å². The van der Waals surface area contributed by atoms with Crippen LogP contribution in [0.25, 0.3) is 11.1 Å². The van der Waals surface area contributed by atoms with Gasteiger partial charge in [0.05, 0.1) is 5.56 Å². The number of hydrogen-bond donors (Lipinski definition) is 4. The zero-order valence-electron chi connectivity index (χ0n) is 18.7. The van der Waals surface area contributed by atoms with E-state index in [9.17, 15) is 0 Å². The van der Waals surface area contributed by atoms with Crippen molar-refractivity contribution in [2.24, 2.45) is 5.73 Å². The Morgan fingerprint density at radius 3 is 2.34 bits per heavy atom. The molecule has 1 heterocycles. The van der Waals surface area contributed by atoms with E-state index in [1.807, 2.05) is 20.8 Å². The Kier molecular flexibility index (Phi) is 8.49. The number of aromatic nitrogens is 2. The van der Waals surface area contributed by atoms with Crippen LogP contribution in [-0.2, 0) is 4.79 Å². The van der Waals surface area contributed by atoms with Gasteiger partial charge in [-0.2, -0.15) is 0 Å². The van der Waals surface area contributed by atoms with Crippen molar-refractivity contribution < 1.29 is 4.79 Å². The van der Waals surface area contributed by atoms with Crippen molar-refractivity contribution in [1.29, 1.82) is 5.41 Å². The SMILES string of the molecule is Cc1ccc(-c2ccc(C)c(C#CC(=N)c3c(N)ncnc3NC(C)C)c2)cc1.NC=O. The van der Waals surface area contributed by atoms with E-state index in [1.54, 1.807) is 0 Å². The number of benzene rings is 2. The maximum Gasteiger partial charge on any atom is 0.204 e. The Balaban J connectivity index is 0.00000114. The van der Waals surface area contributed by atoms with E-state index < -0.39 is 0 Å². The lowest BCUT2D eigenvalue weighted by Crippen LogP contribution is -2.16. The zero-order chi connectivity index (χ0) is 23.7. The molecular formula is C25H28N6O. The van der Waals surface area contributed by atoms with Crippen molar-refractivity contribution in [3.05, 3.63) is 71.0 Å². The smallest absolute Gasteiger partial charge is 0.204 e. The number of nitrogen functional groups attached to an aromatic ring is 1. The molecule has 3 aromatic rings. The molecule has 0 spiro atoms. The lowest BCUT2D eigenvalue weighted by Gasteiger charge is -2.13. The predicted octanol–water partition coefficient (Wildman–Crippen LogP) is 3.68. The molecule has 0 atom stereocenters. The van der Waals surface area contributed by atoms with Gasteiger partial charge in [0.15, 0.2) is 0 Å². The first-order valence-electron chi connectivity index (χ1n) is 10.1. The molecule has 6 N–H and O–H groups in total. The van der Waals surface area contributed by atoms with Gasteiger partial charge in [0.2, 0.25) is 6.41 Å². The highest BCUT2D eigenvalue weighted by Gasteiger charge is 2.14. The summed E-state index contributed by atoms with van der Waals surface area (Å²) >= 11 is 0. The van der Waals surface area contributed by atoms with E-state index in [0.717, 1.165) is 22.3 Å². The van der Waals surface area contributed by atoms with E-state index in [4.69, 9.17) is 15.9 Å². The van der Waals surface area contributed by atoms with Crippen molar-refractivity contribution in [2.45, 2.75) is 33.7 Å². The molecule has 0 aliphatic heterocycles. The Morgan fingerprint density at radius 1 is 1.09 bits per heavy atom. The molecule has 7 nitrogen and oxygen atoms in total. The summed E-state index contributed by atoms with van der Waals surface area (Å²) in [5.74, 6) is 6.83. The van der Waals surface area contributed by atoms with Crippen LogP contribution in [0.4, 0.5) is 11.6 Å². The van der Waals surface area contributed by atoms with Gasteiger partial charge in [-0.1, -0.05) is 47.9 Å². The summed E-state index contributed by atoms with van der Waals surface area (Å²) < 4.78 is 0. The normalized spacial score (nSPS) is 9.78. The summed E-state index contributed by atoms with van der Waals surface area (Å²) in [5, 5.41) is 11.6. The van der Waals surface area contributed by atoms with Gasteiger partial charge in [0.1, 0.15) is 23.7 Å². The third kappa shape index (κ3) is 6.41. The summed E-state index contributed by atoms with van der Waals surface area (Å²) in [5.41, 5.74) is 16.1. The fourth-order valence-electron chi connectivity index (χ4n) is 2.90. The Hall–Kier alpha value is -4.18. The van der Waals surface area contributed by atoms with Gasteiger partial charge < -0.3 is 16.8 Å². The number of primary amides is 1. The fraction of sp³-hybridized carbons (Fsp3) is 0.200. The van der Waals surface area contributed by atoms with E-state index in [1.165, 1.54) is 11.9 Å². The molecule has 164 valence electrons. The molecule has 7 heteroatoms. The van der Waals surface area contributed by atoms with Gasteiger partial charge in [-0.15, -0.1) is 0 Å². The zero-order valence-corrected chi connectivity index (χ0v) is 18.7. The molecular weight excluding hydrogens is 400 g/mol. The molecule has 0 unspecified atom stereocenters. The number of hydrogen-bond acceptors (Lipinski definition) is 6. The van der Waals surface area contributed by atoms with Crippen molar-refractivity contribution in [2.75, 3.05) is 11.1 Å². The molecule has 0 fully saturated rings. The van der Waals surface area contributed by atoms with Crippen LogP contribution >= 0.6 is 0 Å². The summed E-state index contributed by atoms with van der Waals surface area (Å²) in [4.78, 5) is 16.8. The summed E-state index contributed by atoms with van der Waals surface area (Å²) in [6, 6.07) is 14.7. The number of aryl methyl sites for hydroxylation is 2. The predicted molar refractivity (Wildman–Crippen MR) is 131 cm³/mol. The maximum absolute atomic E-state index is 8.58. The maximum atomic E-state index is 8.58. The molecule has 32 heavy (non-hydrogen) atoms. The molecule has 0 saturated heterocycles. The summed E-state index contributed by atoms with van der Waals surface area (Å²) in [7, 11) is 0. The summed E-state index contributed by atoms with van der Waals surface area (Å²) in [6.07, 6.45) is 1.64. The molecule has 0 radical (unpaired) electrons. The topological polar surface area (TPSA) is 131 Å². The first-order valence-corrected chi connectivity index (χ1v) is 10.1. The van der Waals surface area contributed by atoms with Crippen LogP contribution in [0.3, 0.4) is 0 Å². The van der Waals surface area contributed by atoms with Crippen LogP contribution in [0.2, 0.25) is 0 Å². The number of carbonyl (C=O) groups is 1. The number of amides is 1. The van der Waals surface area contributed by atoms with Crippen LogP contribution in [-0.4, -0.2) is 28.1 Å². The average Bonchev–Trinajstić information content (AvgIpc) is 2.74. The van der Waals surface area contributed by atoms with Gasteiger partial charge in [0.25, 0.3) is 0 Å². The second-order valence-corrected chi connectivity index (χ2v) is 7.44. The van der Waals surface area contributed by atoms with Crippen molar-refractivity contribution in [1.82, 2.24) is 9.97 Å². The van der Waals surface area contributed by atoms with E-state index >= 15 is 0 Å². The van der Waals surface area contributed by atoms with Gasteiger partial charge in [-0.05, 0) is 56.4 Å². The van der Waals surface area contributed by atoms with Crippen LogP contribution in [0.1, 0.15) is 36.1 Å².